The molecule has 1 aromatic heterocycles. The number of anilines is 1. The number of carbonyl (C=O) groups excluding carboxylic acids is 1. The van der Waals surface area contributed by atoms with Gasteiger partial charge in [0.25, 0.3) is 0 Å². The van der Waals surface area contributed by atoms with E-state index >= 15 is 0 Å². The summed E-state index contributed by atoms with van der Waals surface area (Å²) in [5, 5.41) is 8.04. The van der Waals surface area contributed by atoms with Crippen LogP contribution in [-0.4, -0.2) is 42.1 Å². The number of nitrogens with zero attached hydrogens (tertiary/aromatic N) is 3. The second-order valence-electron chi connectivity index (χ2n) is 8.60. The maximum atomic E-state index is 12.0. The first-order chi connectivity index (χ1) is 18.1. The van der Waals surface area contributed by atoms with Crippen LogP contribution in [-0.2, 0) is 4.74 Å². The molecular formula is C28H24N4O5. The van der Waals surface area contributed by atoms with Gasteiger partial charge in [-0.05, 0) is 42.0 Å². The number of fused-ring (bicyclic) bond motifs is 3. The van der Waals surface area contributed by atoms with Crippen molar-refractivity contribution in [2.24, 2.45) is 0 Å². The number of nitrogens with one attached hydrogen (secondary N) is 1. The number of para-hydroxylation sites is 1. The Morgan fingerprint density at radius 3 is 2.57 bits per heavy atom. The van der Waals surface area contributed by atoms with Gasteiger partial charge < -0.3 is 24.3 Å². The van der Waals surface area contributed by atoms with E-state index in [9.17, 15) is 4.79 Å². The van der Waals surface area contributed by atoms with Crippen molar-refractivity contribution in [1.29, 1.82) is 0 Å². The topological polar surface area (TPSA) is 96.7 Å². The smallest absolute Gasteiger partial charge is 0.337 e. The van der Waals surface area contributed by atoms with E-state index in [0.29, 0.717) is 23.0 Å². The summed E-state index contributed by atoms with van der Waals surface area (Å²) in [4.78, 5) is 16.5. The summed E-state index contributed by atoms with van der Waals surface area (Å²) in [6.07, 6.45) is 1.04. The van der Waals surface area contributed by atoms with Crippen LogP contribution >= 0.6 is 0 Å². The predicted molar refractivity (Wildman–Crippen MR) is 136 cm³/mol. The summed E-state index contributed by atoms with van der Waals surface area (Å²) in [5.74, 6) is 2.29. The van der Waals surface area contributed by atoms with E-state index in [1.807, 2.05) is 59.3 Å². The van der Waals surface area contributed by atoms with Crippen LogP contribution in [0, 0.1) is 0 Å². The number of hydrogen-bond donors (Lipinski definition) is 1. The van der Waals surface area contributed by atoms with E-state index in [4.69, 9.17) is 18.9 Å². The van der Waals surface area contributed by atoms with E-state index in [0.717, 1.165) is 33.7 Å². The fourth-order valence-electron chi connectivity index (χ4n) is 4.95. The Balaban J connectivity index is 1.58. The van der Waals surface area contributed by atoms with Crippen LogP contribution in [0.1, 0.15) is 39.2 Å². The minimum absolute atomic E-state index is 0.395. The van der Waals surface area contributed by atoms with Gasteiger partial charge in [0.15, 0.2) is 0 Å². The first-order valence-corrected chi connectivity index (χ1v) is 11.7. The van der Waals surface area contributed by atoms with Crippen LogP contribution in [0.2, 0.25) is 0 Å². The van der Waals surface area contributed by atoms with Gasteiger partial charge in [-0.15, -0.1) is 0 Å². The maximum Gasteiger partial charge on any atom is 0.337 e. The highest BCUT2D eigenvalue weighted by atomic mass is 16.5. The van der Waals surface area contributed by atoms with E-state index in [1.165, 1.54) is 13.4 Å². The Labute approximate surface area is 213 Å². The van der Waals surface area contributed by atoms with Crippen molar-refractivity contribution in [2.75, 3.05) is 26.6 Å². The van der Waals surface area contributed by atoms with Crippen molar-refractivity contribution in [1.82, 2.24) is 14.8 Å². The summed E-state index contributed by atoms with van der Waals surface area (Å²) in [5.41, 5.74) is 4.97. The molecule has 0 spiro atoms. The molecule has 9 nitrogen and oxygen atoms in total. The molecule has 0 amide bonds. The lowest BCUT2D eigenvalue weighted by molar-refractivity contribution is 0.0600. The Morgan fingerprint density at radius 1 is 1.00 bits per heavy atom. The van der Waals surface area contributed by atoms with Crippen molar-refractivity contribution in [3.8, 4) is 17.2 Å². The minimum atomic E-state index is -0.488. The molecule has 0 unspecified atom stereocenters. The Morgan fingerprint density at radius 2 is 1.81 bits per heavy atom. The van der Waals surface area contributed by atoms with Crippen LogP contribution in [0.15, 0.2) is 78.6 Å². The molecule has 0 fully saturated rings. The summed E-state index contributed by atoms with van der Waals surface area (Å²) in [6.45, 7) is 0. The highest BCUT2D eigenvalue weighted by Crippen LogP contribution is 2.52. The van der Waals surface area contributed by atoms with Gasteiger partial charge in [-0.25, -0.2) is 9.48 Å². The normalized spacial score (nSPS) is 17.5. The van der Waals surface area contributed by atoms with Crippen molar-refractivity contribution in [3.05, 3.63) is 101 Å². The standard InChI is InChI=1S/C28H24N4O5/c1-34-18-12-13-20(22(14-18)35-2)25-23-24(31-28-29-15-30-32(25)28)19-6-4-5-7-21(19)37-26(23)16-8-10-17(11-9-16)27(33)36-3/h4-15,25-26H,1-3H3,(H,29,30,31)/t25-,26+/m1/s1. The van der Waals surface area contributed by atoms with Crippen molar-refractivity contribution in [2.45, 2.75) is 12.1 Å². The van der Waals surface area contributed by atoms with Crippen LogP contribution < -0.4 is 19.5 Å². The number of hydrogen-bond acceptors (Lipinski definition) is 8. The zero-order chi connectivity index (χ0) is 25.5. The zero-order valence-corrected chi connectivity index (χ0v) is 20.5. The lowest BCUT2D eigenvalue weighted by Gasteiger charge is -2.39. The summed E-state index contributed by atoms with van der Waals surface area (Å²) >= 11 is 0. The fourth-order valence-corrected chi connectivity index (χ4v) is 4.95. The molecule has 2 atom stereocenters. The number of methoxy groups -OCH3 is 3. The molecule has 1 N–H and O–H groups in total. The van der Waals surface area contributed by atoms with Gasteiger partial charge in [0, 0.05) is 22.8 Å². The van der Waals surface area contributed by atoms with Gasteiger partial charge in [0.1, 0.15) is 35.7 Å². The second kappa shape index (κ2) is 9.02. The highest BCUT2D eigenvalue weighted by Gasteiger charge is 2.42. The fraction of sp³-hybridized carbons (Fsp3) is 0.179. The average Bonchev–Trinajstić information content (AvgIpc) is 3.43. The van der Waals surface area contributed by atoms with Gasteiger partial charge in [0.2, 0.25) is 5.95 Å². The molecule has 37 heavy (non-hydrogen) atoms. The molecular weight excluding hydrogens is 472 g/mol. The van der Waals surface area contributed by atoms with Gasteiger partial charge >= 0.3 is 5.97 Å². The molecule has 3 aromatic carbocycles. The molecule has 0 bridgehead atoms. The minimum Gasteiger partial charge on any atom is -0.497 e. The summed E-state index contributed by atoms with van der Waals surface area (Å²) in [6, 6.07) is 20.5. The molecule has 2 aliphatic heterocycles. The first kappa shape index (κ1) is 22.7. The van der Waals surface area contributed by atoms with Gasteiger partial charge in [0.05, 0.1) is 32.6 Å². The summed E-state index contributed by atoms with van der Waals surface area (Å²) < 4.78 is 24.6. The Bertz CT molecular complexity index is 1530. The van der Waals surface area contributed by atoms with Gasteiger partial charge in [-0.3, -0.25) is 0 Å². The zero-order valence-electron chi connectivity index (χ0n) is 20.5. The SMILES string of the molecule is COC(=O)c1ccc([C@@H]2Oc3ccccc3C3=C2[C@@H](c2ccc(OC)cc2OC)n2ncnc2N3)cc1. The van der Waals surface area contributed by atoms with Crippen LogP contribution in [0.25, 0.3) is 5.70 Å². The van der Waals surface area contributed by atoms with Crippen molar-refractivity contribution >= 4 is 17.6 Å². The third-order valence-corrected chi connectivity index (χ3v) is 6.69. The largest absolute Gasteiger partial charge is 0.497 e. The van der Waals surface area contributed by atoms with Gasteiger partial charge in [-0.1, -0.05) is 24.3 Å². The molecule has 0 saturated carbocycles. The summed E-state index contributed by atoms with van der Waals surface area (Å²) in [7, 11) is 4.62. The molecule has 2 aliphatic rings. The van der Waals surface area contributed by atoms with Gasteiger partial charge in [-0.2, -0.15) is 10.1 Å². The van der Waals surface area contributed by atoms with Crippen LogP contribution in [0.4, 0.5) is 5.95 Å². The quantitative estimate of drug-likeness (QED) is 0.399. The molecule has 0 saturated heterocycles. The predicted octanol–water partition coefficient (Wildman–Crippen LogP) is 4.64. The lowest BCUT2D eigenvalue weighted by Crippen LogP contribution is -2.32. The Kier molecular flexibility index (Phi) is 5.52. The Hall–Kier alpha value is -4.79. The molecule has 4 aromatic rings. The monoisotopic (exact) mass is 496 g/mol. The number of benzene rings is 3. The first-order valence-electron chi connectivity index (χ1n) is 11.7. The molecule has 9 heteroatoms. The van der Waals surface area contributed by atoms with Crippen molar-refractivity contribution < 1.29 is 23.7 Å². The molecule has 6 rings (SSSR count). The van der Waals surface area contributed by atoms with E-state index < -0.39 is 18.1 Å². The maximum absolute atomic E-state index is 12.0. The lowest BCUT2D eigenvalue weighted by atomic mass is 9.84. The van der Waals surface area contributed by atoms with Crippen LogP contribution in [0.3, 0.4) is 0 Å². The third-order valence-electron chi connectivity index (χ3n) is 6.69. The van der Waals surface area contributed by atoms with E-state index in [2.05, 4.69) is 15.4 Å². The molecule has 186 valence electrons. The molecule has 0 aliphatic carbocycles. The van der Waals surface area contributed by atoms with Crippen LogP contribution in [0.5, 0.6) is 17.2 Å². The molecule has 3 heterocycles. The molecule has 0 radical (unpaired) electrons. The number of aromatic nitrogens is 3. The number of ether oxygens (including phenoxy) is 4. The van der Waals surface area contributed by atoms with E-state index in [1.54, 1.807) is 26.4 Å². The average molecular weight is 497 g/mol. The highest BCUT2D eigenvalue weighted by molar-refractivity contribution is 5.89. The number of carbonyl (C=O) groups is 1. The second-order valence-corrected chi connectivity index (χ2v) is 8.60. The van der Waals surface area contributed by atoms with Crippen molar-refractivity contribution in [3.63, 3.8) is 0 Å². The number of esters is 1. The van der Waals surface area contributed by atoms with E-state index in [-0.39, 0.29) is 0 Å². The number of rotatable bonds is 5. The third kappa shape index (κ3) is 3.67.